The topological polar surface area (TPSA) is 43.6 Å². The molecule has 2 aromatic rings. The molecule has 19 heavy (non-hydrogen) atoms. The van der Waals surface area contributed by atoms with E-state index in [1.54, 1.807) is 13.4 Å². The van der Waals surface area contributed by atoms with Crippen molar-refractivity contribution in [3.8, 4) is 0 Å². The van der Waals surface area contributed by atoms with E-state index >= 15 is 0 Å². The molecule has 0 bridgehead atoms. The normalized spacial score (nSPS) is 10.6. The molecule has 2 rings (SSSR count). The van der Waals surface area contributed by atoms with Gasteiger partial charge in [-0.05, 0) is 29.8 Å². The zero-order valence-electron chi connectivity index (χ0n) is 11.1. The van der Waals surface area contributed by atoms with Crippen molar-refractivity contribution in [3.05, 3.63) is 54.0 Å². The Kier molecular flexibility index (Phi) is 5.47. The minimum atomic E-state index is 0.597. The van der Waals surface area contributed by atoms with Crippen LogP contribution in [0.1, 0.15) is 11.3 Å². The third kappa shape index (κ3) is 4.77. The van der Waals surface area contributed by atoms with E-state index < -0.39 is 0 Å². The molecule has 0 unspecified atom stereocenters. The lowest BCUT2D eigenvalue weighted by molar-refractivity contribution is 0.0617. The summed E-state index contributed by atoms with van der Waals surface area (Å²) in [5.41, 5.74) is 2.20. The first-order chi connectivity index (χ1) is 9.38. The van der Waals surface area contributed by atoms with Crippen molar-refractivity contribution >= 4 is 5.69 Å². The zero-order chi connectivity index (χ0) is 13.3. The van der Waals surface area contributed by atoms with E-state index in [1.165, 1.54) is 0 Å². The minimum absolute atomic E-state index is 0.597. The number of benzene rings is 1. The largest absolute Gasteiger partial charge is 0.467 e. The highest BCUT2D eigenvalue weighted by Crippen LogP contribution is 2.13. The molecular formula is C15H19NO3. The Balaban J connectivity index is 1.81. The standard InChI is InChI=1S/C15H19NO3/c1-17-8-9-18-12-13-4-2-5-14(10-13)16-11-15-6-3-7-19-15/h2-7,10,16H,8-9,11-12H2,1H3. The number of ether oxygens (including phenoxy) is 2. The van der Waals surface area contributed by atoms with Crippen LogP contribution < -0.4 is 5.32 Å². The van der Waals surface area contributed by atoms with Crippen LogP contribution in [0.5, 0.6) is 0 Å². The maximum atomic E-state index is 5.49. The quantitative estimate of drug-likeness (QED) is 0.742. The van der Waals surface area contributed by atoms with Gasteiger partial charge in [0, 0.05) is 12.8 Å². The first-order valence-electron chi connectivity index (χ1n) is 6.30. The molecule has 0 aliphatic rings. The minimum Gasteiger partial charge on any atom is -0.467 e. The average Bonchev–Trinajstić information content (AvgIpc) is 2.95. The van der Waals surface area contributed by atoms with Crippen molar-refractivity contribution in [3.63, 3.8) is 0 Å². The molecule has 0 aliphatic carbocycles. The smallest absolute Gasteiger partial charge is 0.122 e. The maximum Gasteiger partial charge on any atom is 0.122 e. The first-order valence-corrected chi connectivity index (χ1v) is 6.30. The van der Waals surface area contributed by atoms with Crippen LogP contribution in [0.15, 0.2) is 47.1 Å². The summed E-state index contributed by atoms with van der Waals surface area (Å²) < 4.78 is 15.7. The Hall–Kier alpha value is -1.78. The fraction of sp³-hybridized carbons (Fsp3) is 0.333. The second-order valence-corrected chi connectivity index (χ2v) is 4.18. The van der Waals surface area contributed by atoms with Crippen LogP contribution in [-0.4, -0.2) is 20.3 Å². The number of hydrogen-bond acceptors (Lipinski definition) is 4. The molecule has 1 aromatic heterocycles. The Morgan fingerprint density at radius 2 is 2.11 bits per heavy atom. The van der Waals surface area contributed by atoms with Gasteiger partial charge in [0.15, 0.2) is 0 Å². The fourth-order valence-corrected chi connectivity index (χ4v) is 1.71. The van der Waals surface area contributed by atoms with Gasteiger partial charge in [0.05, 0.1) is 32.6 Å². The van der Waals surface area contributed by atoms with Crippen LogP contribution in [0.3, 0.4) is 0 Å². The molecule has 0 saturated heterocycles. The summed E-state index contributed by atoms with van der Waals surface area (Å²) in [6.45, 7) is 2.51. The Morgan fingerprint density at radius 3 is 2.89 bits per heavy atom. The van der Waals surface area contributed by atoms with Gasteiger partial charge in [-0.3, -0.25) is 0 Å². The van der Waals surface area contributed by atoms with E-state index in [4.69, 9.17) is 13.9 Å². The summed E-state index contributed by atoms with van der Waals surface area (Å²) in [6.07, 6.45) is 1.68. The number of methoxy groups -OCH3 is 1. The molecule has 1 aromatic carbocycles. The second-order valence-electron chi connectivity index (χ2n) is 4.18. The van der Waals surface area contributed by atoms with Gasteiger partial charge in [-0.25, -0.2) is 0 Å². The molecular weight excluding hydrogens is 242 g/mol. The van der Waals surface area contributed by atoms with Gasteiger partial charge >= 0.3 is 0 Å². The lowest BCUT2D eigenvalue weighted by atomic mass is 10.2. The van der Waals surface area contributed by atoms with Crippen molar-refractivity contribution < 1.29 is 13.9 Å². The molecule has 4 nitrogen and oxygen atoms in total. The third-order valence-electron chi connectivity index (χ3n) is 2.67. The van der Waals surface area contributed by atoms with Gasteiger partial charge in [0.1, 0.15) is 5.76 Å². The average molecular weight is 261 g/mol. The van der Waals surface area contributed by atoms with E-state index in [-0.39, 0.29) is 0 Å². The van der Waals surface area contributed by atoms with E-state index in [0.717, 1.165) is 17.0 Å². The van der Waals surface area contributed by atoms with Gasteiger partial charge in [-0.2, -0.15) is 0 Å². The first kappa shape index (κ1) is 13.6. The van der Waals surface area contributed by atoms with Gasteiger partial charge < -0.3 is 19.2 Å². The molecule has 0 spiro atoms. The van der Waals surface area contributed by atoms with E-state index in [1.807, 2.05) is 30.3 Å². The van der Waals surface area contributed by atoms with Crippen LogP contribution in [-0.2, 0) is 22.6 Å². The number of furan rings is 1. The van der Waals surface area contributed by atoms with Gasteiger partial charge in [-0.1, -0.05) is 12.1 Å². The Bertz CT molecular complexity index is 468. The number of nitrogens with one attached hydrogen (secondary N) is 1. The molecule has 0 radical (unpaired) electrons. The molecule has 0 atom stereocenters. The second kappa shape index (κ2) is 7.61. The molecule has 1 N–H and O–H groups in total. The van der Waals surface area contributed by atoms with Crippen molar-refractivity contribution in [2.45, 2.75) is 13.2 Å². The van der Waals surface area contributed by atoms with Crippen LogP contribution in [0, 0.1) is 0 Å². The van der Waals surface area contributed by atoms with E-state index in [0.29, 0.717) is 26.4 Å². The SMILES string of the molecule is COCCOCc1cccc(NCc2ccco2)c1. The highest BCUT2D eigenvalue weighted by molar-refractivity contribution is 5.45. The van der Waals surface area contributed by atoms with Gasteiger partial charge in [0.2, 0.25) is 0 Å². The number of hydrogen-bond donors (Lipinski definition) is 1. The molecule has 0 aliphatic heterocycles. The molecule has 0 fully saturated rings. The predicted molar refractivity (Wildman–Crippen MR) is 74.0 cm³/mol. The maximum absolute atomic E-state index is 5.49. The molecule has 4 heteroatoms. The lowest BCUT2D eigenvalue weighted by Gasteiger charge is -2.08. The number of rotatable bonds is 8. The van der Waals surface area contributed by atoms with Gasteiger partial charge in [0.25, 0.3) is 0 Å². The van der Waals surface area contributed by atoms with Crippen molar-refractivity contribution in [2.24, 2.45) is 0 Å². The zero-order valence-corrected chi connectivity index (χ0v) is 11.1. The van der Waals surface area contributed by atoms with Crippen molar-refractivity contribution in [1.82, 2.24) is 0 Å². The summed E-state index contributed by atoms with van der Waals surface area (Å²) in [4.78, 5) is 0. The summed E-state index contributed by atoms with van der Waals surface area (Å²) in [5, 5.41) is 3.32. The summed E-state index contributed by atoms with van der Waals surface area (Å²) in [6, 6.07) is 12.0. The molecule has 0 saturated carbocycles. The van der Waals surface area contributed by atoms with Crippen LogP contribution in [0.25, 0.3) is 0 Å². The fourth-order valence-electron chi connectivity index (χ4n) is 1.71. The van der Waals surface area contributed by atoms with Crippen LogP contribution >= 0.6 is 0 Å². The summed E-state index contributed by atoms with van der Waals surface area (Å²) in [5.74, 6) is 0.918. The van der Waals surface area contributed by atoms with Crippen molar-refractivity contribution in [2.75, 3.05) is 25.6 Å². The van der Waals surface area contributed by atoms with Gasteiger partial charge in [-0.15, -0.1) is 0 Å². The third-order valence-corrected chi connectivity index (χ3v) is 2.67. The summed E-state index contributed by atoms with van der Waals surface area (Å²) >= 11 is 0. The van der Waals surface area contributed by atoms with E-state index in [2.05, 4.69) is 11.4 Å². The molecule has 102 valence electrons. The van der Waals surface area contributed by atoms with Crippen LogP contribution in [0.4, 0.5) is 5.69 Å². The summed E-state index contributed by atoms with van der Waals surface area (Å²) in [7, 11) is 1.67. The van der Waals surface area contributed by atoms with E-state index in [9.17, 15) is 0 Å². The molecule has 1 heterocycles. The Morgan fingerprint density at radius 1 is 1.16 bits per heavy atom. The van der Waals surface area contributed by atoms with Crippen molar-refractivity contribution in [1.29, 1.82) is 0 Å². The molecule has 0 amide bonds. The van der Waals surface area contributed by atoms with Crippen LogP contribution in [0.2, 0.25) is 0 Å². The monoisotopic (exact) mass is 261 g/mol. The Labute approximate surface area is 113 Å². The highest BCUT2D eigenvalue weighted by Gasteiger charge is 1.98. The lowest BCUT2D eigenvalue weighted by Crippen LogP contribution is -2.02. The predicted octanol–water partition coefficient (Wildman–Crippen LogP) is 3.05. The number of anilines is 1. The highest BCUT2D eigenvalue weighted by atomic mass is 16.5.